The third-order valence-electron chi connectivity index (χ3n) is 4.62. The molecule has 0 fully saturated rings. The Hall–Kier alpha value is -3.26. The first-order valence-electron chi connectivity index (χ1n) is 8.31. The molecule has 1 amide bonds. The number of halogens is 1. The second-order valence-corrected chi connectivity index (χ2v) is 7.26. The van der Waals surface area contributed by atoms with E-state index in [-0.39, 0.29) is 24.0 Å². The Balaban J connectivity index is 1.65. The van der Waals surface area contributed by atoms with Crippen LogP contribution in [0.5, 0.6) is 0 Å². The van der Waals surface area contributed by atoms with Crippen LogP contribution in [0, 0.1) is 5.82 Å². The topological polar surface area (TPSA) is 66.7 Å². The van der Waals surface area contributed by atoms with Gasteiger partial charge in [0.25, 0.3) is 11.5 Å². The van der Waals surface area contributed by atoms with Crippen molar-refractivity contribution in [1.82, 2.24) is 4.57 Å². The smallest absolute Gasteiger partial charge is 0.272 e. The molecule has 2 aliphatic heterocycles. The molecule has 6 nitrogen and oxygen atoms in total. The van der Waals surface area contributed by atoms with E-state index in [2.05, 4.69) is 10.3 Å². The van der Waals surface area contributed by atoms with Gasteiger partial charge >= 0.3 is 0 Å². The SMILES string of the molecule is O=C1Nc2ccccc2/C1=c1/sc2n(c1=O)CN(c1cccc(F)c1)CN=2. The molecule has 0 radical (unpaired) electrons. The first kappa shape index (κ1) is 16.0. The summed E-state index contributed by atoms with van der Waals surface area (Å²) < 4.78 is 15.4. The van der Waals surface area contributed by atoms with Gasteiger partial charge in [-0.15, -0.1) is 0 Å². The van der Waals surface area contributed by atoms with E-state index in [4.69, 9.17) is 0 Å². The molecule has 0 aliphatic carbocycles. The van der Waals surface area contributed by atoms with Crippen LogP contribution >= 0.6 is 11.3 Å². The highest BCUT2D eigenvalue weighted by atomic mass is 32.1. The van der Waals surface area contributed by atoms with Crippen molar-refractivity contribution in [2.75, 3.05) is 16.9 Å². The number of benzene rings is 2. The van der Waals surface area contributed by atoms with Crippen molar-refractivity contribution in [2.24, 2.45) is 4.99 Å². The number of aromatic nitrogens is 1. The van der Waals surface area contributed by atoms with Crippen molar-refractivity contribution < 1.29 is 9.18 Å². The van der Waals surface area contributed by atoms with Crippen molar-refractivity contribution >= 4 is 34.2 Å². The number of para-hydroxylation sites is 1. The number of carbonyl (C=O) groups is 1. The number of thiazole rings is 1. The van der Waals surface area contributed by atoms with Gasteiger partial charge in [-0.05, 0) is 24.3 Å². The van der Waals surface area contributed by atoms with E-state index in [1.807, 2.05) is 18.2 Å². The molecule has 0 saturated carbocycles. The van der Waals surface area contributed by atoms with Crippen LogP contribution in [0.1, 0.15) is 5.56 Å². The lowest BCUT2D eigenvalue weighted by atomic mass is 10.1. The summed E-state index contributed by atoms with van der Waals surface area (Å²) in [6, 6.07) is 13.5. The van der Waals surface area contributed by atoms with E-state index < -0.39 is 0 Å². The molecule has 8 heteroatoms. The minimum absolute atomic E-state index is 0.258. The summed E-state index contributed by atoms with van der Waals surface area (Å²) in [6.07, 6.45) is 0. The molecule has 0 spiro atoms. The van der Waals surface area contributed by atoms with Gasteiger partial charge in [-0.3, -0.25) is 14.2 Å². The van der Waals surface area contributed by atoms with Crippen molar-refractivity contribution in [1.29, 1.82) is 0 Å². The second kappa shape index (κ2) is 5.88. The first-order valence-corrected chi connectivity index (χ1v) is 9.13. The Labute approximate surface area is 156 Å². The number of nitrogens with zero attached hydrogens (tertiary/aromatic N) is 3. The minimum Gasteiger partial charge on any atom is -0.333 e. The summed E-state index contributed by atoms with van der Waals surface area (Å²) in [6.45, 7) is 0.579. The Morgan fingerprint density at radius 1 is 1.11 bits per heavy atom. The van der Waals surface area contributed by atoms with E-state index in [1.165, 1.54) is 28.0 Å². The molecule has 2 aromatic carbocycles. The maximum atomic E-state index is 13.5. The molecule has 2 aliphatic rings. The van der Waals surface area contributed by atoms with Gasteiger partial charge in [0.05, 0.1) is 5.57 Å². The molecule has 0 bridgehead atoms. The van der Waals surface area contributed by atoms with Crippen molar-refractivity contribution in [3.8, 4) is 0 Å². The summed E-state index contributed by atoms with van der Waals surface area (Å²) in [7, 11) is 0. The van der Waals surface area contributed by atoms with Crippen molar-refractivity contribution in [2.45, 2.75) is 6.67 Å². The number of fused-ring (bicyclic) bond motifs is 2. The second-order valence-electron chi connectivity index (χ2n) is 6.28. The van der Waals surface area contributed by atoms with Crippen LogP contribution in [0.25, 0.3) is 5.57 Å². The molecule has 27 heavy (non-hydrogen) atoms. The zero-order chi connectivity index (χ0) is 18.5. The number of anilines is 2. The number of carbonyl (C=O) groups excluding carboxylic acids is 1. The largest absolute Gasteiger partial charge is 0.333 e. The number of hydrogen-bond donors (Lipinski definition) is 1. The summed E-state index contributed by atoms with van der Waals surface area (Å²) in [5.41, 5.74) is 2.20. The molecule has 5 rings (SSSR count). The van der Waals surface area contributed by atoms with Gasteiger partial charge in [0.1, 0.15) is 23.7 Å². The summed E-state index contributed by atoms with van der Waals surface area (Å²) in [4.78, 5) is 32.3. The van der Waals surface area contributed by atoms with Gasteiger partial charge in [0.2, 0.25) is 0 Å². The highest BCUT2D eigenvalue weighted by molar-refractivity contribution is 7.07. The Morgan fingerprint density at radius 3 is 2.81 bits per heavy atom. The molecule has 0 unspecified atom stereocenters. The Morgan fingerprint density at radius 2 is 1.96 bits per heavy atom. The number of hydrogen-bond acceptors (Lipinski definition) is 5. The molecular formula is C19H13FN4O2S. The predicted molar refractivity (Wildman–Crippen MR) is 101 cm³/mol. The minimum atomic E-state index is -0.341. The van der Waals surface area contributed by atoms with Crippen LogP contribution in [0.4, 0.5) is 15.8 Å². The molecule has 1 aromatic heterocycles. The fraction of sp³-hybridized carbons (Fsp3) is 0.105. The Bertz CT molecular complexity index is 1280. The molecule has 3 aromatic rings. The van der Waals surface area contributed by atoms with Gasteiger partial charge in [0, 0.05) is 16.9 Å². The normalized spacial score (nSPS) is 17.2. The third kappa shape index (κ3) is 2.48. The quantitative estimate of drug-likeness (QED) is 0.691. The first-order chi connectivity index (χ1) is 13.1. The lowest BCUT2D eigenvalue weighted by molar-refractivity contribution is -0.110. The van der Waals surface area contributed by atoms with Crippen LogP contribution in [0.2, 0.25) is 0 Å². The molecule has 3 heterocycles. The highest BCUT2D eigenvalue weighted by Gasteiger charge is 2.27. The highest BCUT2D eigenvalue weighted by Crippen LogP contribution is 2.29. The van der Waals surface area contributed by atoms with Crippen LogP contribution < -0.4 is 25.1 Å². The van der Waals surface area contributed by atoms with Crippen LogP contribution in [-0.4, -0.2) is 17.1 Å². The maximum absolute atomic E-state index is 13.5. The van der Waals surface area contributed by atoms with E-state index in [9.17, 15) is 14.0 Å². The number of nitrogens with one attached hydrogen (secondary N) is 1. The monoisotopic (exact) mass is 380 g/mol. The Kier molecular flexibility index (Phi) is 3.48. The average Bonchev–Trinajstić information content (AvgIpc) is 3.17. The molecule has 134 valence electrons. The third-order valence-corrected chi connectivity index (χ3v) is 5.74. The fourth-order valence-electron chi connectivity index (χ4n) is 3.34. The average molecular weight is 380 g/mol. The molecular weight excluding hydrogens is 367 g/mol. The van der Waals surface area contributed by atoms with E-state index in [0.29, 0.717) is 33.0 Å². The maximum Gasteiger partial charge on any atom is 0.272 e. The lowest BCUT2D eigenvalue weighted by Crippen LogP contribution is -2.43. The van der Waals surface area contributed by atoms with Gasteiger partial charge in [-0.1, -0.05) is 35.6 Å². The standard InChI is InChI=1S/C19H13FN4O2S/c20-11-4-3-5-12(8-11)23-9-21-19-24(10-23)18(26)16(27-19)15-13-6-1-2-7-14(13)22-17(15)25/h1-8H,9-10H2,(H,22,25)/b16-15-. The summed E-state index contributed by atoms with van der Waals surface area (Å²) >= 11 is 1.21. The van der Waals surface area contributed by atoms with Gasteiger partial charge in [-0.2, -0.15) is 0 Å². The van der Waals surface area contributed by atoms with Gasteiger partial charge in [-0.25, -0.2) is 9.38 Å². The molecule has 0 saturated heterocycles. The lowest BCUT2D eigenvalue weighted by Gasteiger charge is -2.25. The molecule has 0 atom stereocenters. The van der Waals surface area contributed by atoms with Crippen LogP contribution in [0.15, 0.2) is 58.3 Å². The predicted octanol–water partition coefficient (Wildman–Crippen LogP) is 1.25. The van der Waals surface area contributed by atoms with Crippen LogP contribution in [-0.2, 0) is 11.5 Å². The summed E-state index contributed by atoms with van der Waals surface area (Å²) in [5, 5.41) is 2.79. The van der Waals surface area contributed by atoms with E-state index in [1.54, 1.807) is 23.1 Å². The van der Waals surface area contributed by atoms with Crippen molar-refractivity contribution in [3.63, 3.8) is 0 Å². The van der Waals surface area contributed by atoms with E-state index in [0.717, 1.165) is 5.56 Å². The van der Waals surface area contributed by atoms with Gasteiger partial charge < -0.3 is 10.2 Å². The van der Waals surface area contributed by atoms with E-state index >= 15 is 0 Å². The molecule has 1 N–H and O–H groups in total. The van der Waals surface area contributed by atoms with Crippen LogP contribution in [0.3, 0.4) is 0 Å². The van der Waals surface area contributed by atoms with Crippen molar-refractivity contribution in [3.05, 3.63) is 79.6 Å². The fourth-order valence-corrected chi connectivity index (χ4v) is 4.40. The zero-order valence-corrected chi connectivity index (χ0v) is 14.8. The summed E-state index contributed by atoms with van der Waals surface area (Å²) in [5.74, 6) is -0.624. The zero-order valence-electron chi connectivity index (χ0n) is 14.0. The number of rotatable bonds is 1. The number of amides is 1. The van der Waals surface area contributed by atoms with Gasteiger partial charge in [0.15, 0.2) is 4.80 Å².